The van der Waals surface area contributed by atoms with Crippen molar-refractivity contribution in [1.29, 1.82) is 0 Å². The lowest BCUT2D eigenvalue weighted by molar-refractivity contribution is 0.102. The third-order valence-corrected chi connectivity index (χ3v) is 5.42. The van der Waals surface area contributed by atoms with E-state index in [0.29, 0.717) is 16.3 Å². The molecule has 0 saturated heterocycles. The zero-order valence-corrected chi connectivity index (χ0v) is 14.8. The highest BCUT2D eigenvalue weighted by Crippen LogP contribution is 2.25. The van der Waals surface area contributed by atoms with Crippen molar-refractivity contribution in [3.63, 3.8) is 0 Å². The number of sulfone groups is 1. The molecule has 0 bridgehead atoms. The van der Waals surface area contributed by atoms with E-state index in [9.17, 15) is 13.2 Å². The van der Waals surface area contributed by atoms with Crippen LogP contribution in [0.2, 0.25) is 0 Å². The summed E-state index contributed by atoms with van der Waals surface area (Å²) in [6.45, 7) is 3.63. The normalized spacial score (nSPS) is 11.2. The number of nitrogens with one attached hydrogen (secondary N) is 1. The summed E-state index contributed by atoms with van der Waals surface area (Å²) >= 11 is 2.78. The summed E-state index contributed by atoms with van der Waals surface area (Å²) in [6.07, 6.45) is 2.94. The Kier molecular flexibility index (Phi) is 5.91. The number of hydrogen-bond acceptors (Lipinski definition) is 7. The standard InChI is InChI=1S/C14H15N3O3S3/c1-3-8-21-14-17-16-13(22-14)15-12(18)11-6-4-10(5-7-11)9-23(2,19)20/h3-7H,1,8-9H2,2H3,(H,15,16,18). The molecule has 0 aliphatic heterocycles. The largest absolute Gasteiger partial charge is 0.296 e. The maximum atomic E-state index is 12.1. The molecule has 23 heavy (non-hydrogen) atoms. The molecule has 122 valence electrons. The van der Waals surface area contributed by atoms with Crippen molar-refractivity contribution in [2.24, 2.45) is 0 Å². The molecule has 1 amide bonds. The Morgan fingerprint density at radius 3 is 2.65 bits per heavy atom. The minimum atomic E-state index is -3.09. The molecule has 6 nitrogen and oxygen atoms in total. The summed E-state index contributed by atoms with van der Waals surface area (Å²) < 4.78 is 23.2. The Morgan fingerprint density at radius 1 is 1.35 bits per heavy atom. The summed E-state index contributed by atoms with van der Waals surface area (Å²) in [5, 5.41) is 10.9. The second-order valence-electron chi connectivity index (χ2n) is 4.69. The minimum absolute atomic E-state index is 0.0464. The van der Waals surface area contributed by atoms with Crippen molar-refractivity contribution in [1.82, 2.24) is 10.2 Å². The van der Waals surface area contributed by atoms with Gasteiger partial charge in [0.05, 0.1) is 5.75 Å². The molecule has 2 aromatic rings. The molecule has 0 fully saturated rings. The molecule has 0 spiro atoms. The number of anilines is 1. The van der Waals surface area contributed by atoms with E-state index in [-0.39, 0.29) is 11.7 Å². The molecule has 0 atom stereocenters. The molecule has 0 radical (unpaired) electrons. The molecule has 0 unspecified atom stereocenters. The maximum Gasteiger partial charge on any atom is 0.257 e. The molecular weight excluding hydrogens is 354 g/mol. The Labute approximate surface area is 142 Å². The van der Waals surface area contributed by atoms with Crippen LogP contribution < -0.4 is 5.32 Å². The second-order valence-corrected chi connectivity index (χ2v) is 9.08. The number of carbonyl (C=O) groups is 1. The fourth-order valence-electron chi connectivity index (χ4n) is 1.67. The van der Waals surface area contributed by atoms with Crippen LogP contribution in [0.4, 0.5) is 5.13 Å². The lowest BCUT2D eigenvalue weighted by atomic mass is 10.1. The number of carbonyl (C=O) groups excluding carboxylic acids is 1. The first-order chi connectivity index (χ1) is 10.9. The lowest BCUT2D eigenvalue weighted by Crippen LogP contribution is -2.11. The van der Waals surface area contributed by atoms with E-state index in [2.05, 4.69) is 22.1 Å². The van der Waals surface area contributed by atoms with Gasteiger partial charge in [0.2, 0.25) is 5.13 Å². The number of benzene rings is 1. The highest BCUT2D eigenvalue weighted by Gasteiger charge is 2.11. The first-order valence-electron chi connectivity index (χ1n) is 6.52. The van der Waals surface area contributed by atoms with Crippen molar-refractivity contribution in [3.05, 3.63) is 48.0 Å². The van der Waals surface area contributed by atoms with Crippen molar-refractivity contribution in [2.45, 2.75) is 10.1 Å². The molecule has 2 rings (SSSR count). The average Bonchev–Trinajstić information content (AvgIpc) is 2.91. The minimum Gasteiger partial charge on any atom is -0.296 e. The summed E-state index contributed by atoms with van der Waals surface area (Å²) in [5.74, 6) is 0.367. The van der Waals surface area contributed by atoms with Gasteiger partial charge in [0.1, 0.15) is 0 Å². The Balaban J connectivity index is 2.00. The van der Waals surface area contributed by atoms with Gasteiger partial charge in [-0.25, -0.2) is 8.42 Å². The molecule has 0 saturated carbocycles. The van der Waals surface area contributed by atoms with E-state index in [4.69, 9.17) is 0 Å². The van der Waals surface area contributed by atoms with Crippen molar-refractivity contribution in [3.8, 4) is 0 Å². The number of thioether (sulfide) groups is 1. The van der Waals surface area contributed by atoms with Crippen LogP contribution >= 0.6 is 23.1 Å². The highest BCUT2D eigenvalue weighted by molar-refractivity contribution is 8.01. The van der Waals surface area contributed by atoms with E-state index in [1.165, 1.54) is 29.4 Å². The van der Waals surface area contributed by atoms with Gasteiger partial charge in [-0.15, -0.1) is 16.8 Å². The van der Waals surface area contributed by atoms with Crippen LogP contribution in [0.1, 0.15) is 15.9 Å². The van der Waals surface area contributed by atoms with Crippen LogP contribution in [0.5, 0.6) is 0 Å². The topological polar surface area (TPSA) is 89.0 Å². The van der Waals surface area contributed by atoms with Gasteiger partial charge < -0.3 is 0 Å². The van der Waals surface area contributed by atoms with Gasteiger partial charge in [-0.1, -0.05) is 41.3 Å². The predicted molar refractivity (Wildman–Crippen MR) is 93.8 cm³/mol. The Bertz CT molecular complexity index is 798. The average molecular weight is 369 g/mol. The number of nitrogens with zero attached hydrogens (tertiary/aromatic N) is 2. The molecule has 1 aromatic carbocycles. The molecule has 9 heteroatoms. The number of amides is 1. The summed E-state index contributed by atoms with van der Waals surface area (Å²) in [5.41, 5.74) is 1.07. The van der Waals surface area contributed by atoms with E-state index in [0.717, 1.165) is 10.1 Å². The number of rotatable bonds is 7. The van der Waals surface area contributed by atoms with Gasteiger partial charge in [-0.2, -0.15) is 0 Å². The van der Waals surface area contributed by atoms with Crippen molar-refractivity contribution < 1.29 is 13.2 Å². The van der Waals surface area contributed by atoms with Gasteiger partial charge in [0.15, 0.2) is 14.2 Å². The van der Waals surface area contributed by atoms with Gasteiger partial charge in [0.25, 0.3) is 5.91 Å². The molecule has 0 aliphatic carbocycles. The molecule has 1 heterocycles. The van der Waals surface area contributed by atoms with E-state index >= 15 is 0 Å². The zero-order valence-electron chi connectivity index (χ0n) is 12.4. The smallest absolute Gasteiger partial charge is 0.257 e. The molecular formula is C14H15N3O3S3. The Morgan fingerprint density at radius 2 is 2.04 bits per heavy atom. The number of hydrogen-bond donors (Lipinski definition) is 1. The summed E-state index contributed by atoms with van der Waals surface area (Å²) in [6, 6.07) is 6.43. The van der Waals surface area contributed by atoms with Gasteiger partial charge in [-0.05, 0) is 17.7 Å². The van der Waals surface area contributed by atoms with E-state index in [1.54, 1.807) is 30.3 Å². The van der Waals surface area contributed by atoms with Crippen molar-refractivity contribution in [2.75, 3.05) is 17.3 Å². The summed E-state index contributed by atoms with van der Waals surface area (Å²) in [4.78, 5) is 12.1. The van der Waals surface area contributed by atoms with Crippen LogP contribution in [-0.4, -0.2) is 36.5 Å². The SMILES string of the molecule is C=CCSc1nnc(NC(=O)c2ccc(CS(C)(=O)=O)cc2)s1. The van der Waals surface area contributed by atoms with Gasteiger partial charge >= 0.3 is 0 Å². The van der Waals surface area contributed by atoms with Crippen molar-refractivity contribution >= 4 is 44.0 Å². The highest BCUT2D eigenvalue weighted by atomic mass is 32.2. The lowest BCUT2D eigenvalue weighted by Gasteiger charge is -2.03. The van der Waals surface area contributed by atoms with Crippen LogP contribution in [-0.2, 0) is 15.6 Å². The number of aromatic nitrogens is 2. The van der Waals surface area contributed by atoms with E-state index < -0.39 is 9.84 Å². The fourth-order valence-corrected chi connectivity index (χ4v) is 3.98. The summed E-state index contributed by atoms with van der Waals surface area (Å²) in [7, 11) is -3.09. The monoisotopic (exact) mass is 369 g/mol. The first-order valence-corrected chi connectivity index (χ1v) is 10.4. The quantitative estimate of drug-likeness (QED) is 0.458. The zero-order chi connectivity index (χ0) is 16.9. The molecule has 1 aromatic heterocycles. The fraction of sp³-hybridized carbons (Fsp3) is 0.214. The van der Waals surface area contributed by atoms with Crippen LogP contribution in [0, 0.1) is 0 Å². The van der Waals surface area contributed by atoms with Crippen LogP contribution in [0.25, 0.3) is 0 Å². The van der Waals surface area contributed by atoms with Gasteiger partial charge in [-0.3, -0.25) is 10.1 Å². The molecule has 1 N–H and O–H groups in total. The first kappa shape index (κ1) is 17.6. The predicted octanol–water partition coefficient (Wildman–Crippen LogP) is 2.61. The van der Waals surface area contributed by atoms with Crippen LogP contribution in [0.3, 0.4) is 0 Å². The van der Waals surface area contributed by atoms with Crippen LogP contribution in [0.15, 0.2) is 41.3 Å². The van der Waals surface area contributed by atoms with E-state index in [1.807, 2.05) is 0 Å². The molecule has 0 aliphatic rings. The third-order valence-electron chi connectivity index (χ3n) is 2.60. The third kappa shape index (κ3) is 5.77. The maximum absolute atomic E-state index is 12.1. The van der Waals surface area contributed by atoms with Gasteiger partial charge in [0, 0.05) is 17.6 Å². The Hall–Kier alpha value is -1.71. The second kappa shape index (κ2) is 7.71.